The first-order chi connectivity index (χ1) is 14.1. The molecule has 0 atom stereocenters. The van der Waals surface area contributed by atoms with E-state index in [-0.39, 0.29) is 17.7 Å². The maximum atomic E-state index is 13.0. The number of amides is 2. The van der Waals surface area contributed by atoms with Gasteiger partial charge in [0.2, 0.25) is 5.91 Å². The van der Waals surface area contributed by atoms with Crippen LogP contribution in [-0.4, -0.2) is 29.8 Å². The molecule has 3 aromatic carbocycles. The number of rotatable bonds is 4. The van der Waals surface area contributed by atoms with Crippen molar-refractivity contribution in [1.82, 2.24) is 10.2 Å². The summed E-state index contributed by atoms with van der Waals surface area (Å²) < 4.78 is 0. The summed E-state index contributed by atoms with van der Waals surface area (Å²) in [6, 6.07) is 21.3. The minimum absolute atomic E-state index is 0.0298. The van der Waals surface area contributed by atoms with Gasteiger partial charge in [0, 0.05) is 36.1 Å². The van der Waals surface area contributed by atoms with Gasteiger partial charge in [-0.1, -0.05) is 66.2 Å². The SMILES string of the molecule is O=C(NCc1ccccc1Cl)C1CCN(C(=O)c2cccc3ccccc23)CC1. The van der Waals surface area contributed by atoms with Crippen molar-refractivity contribution in [2.45, 2.75) is 19.4 Å². The summed E-state index contributed by atoms with van der Waals surface area (Å²) >= 11 is 6.15. The number of hydrogen-bond donors (Lipinski definition) is 1. The van der Waals surface area contributed by atoms with Crippen LogP contribution < -0.4 is 5.32 Å². The van der Waals surface area contributed by atoms with Crippen molar-refractivity contribution >= 4 is 34.2 Å². The van der Waals surface area contributed by atoms with Crippen LogP contribution in [0.2, 0.25) is 5.02 Å². The van der Waals surface area contributed by atoms with Crippen molar-refractivity contribution in [2.75, 3.05) is 13.1 Å². The van der Waals surface area contributed by atoms with E-state index in [1.807, 2.05) is 71.6 Å². The molecular weight excluding hydrogens is 384 g/mol. The molecule has 5 heteroatoms. The monoisotopic (exact) mass is 406 g/mol. The highest BCUT2D eigenvalue weighted by molar-refractivity contribution is 6.31. The quantitative estimate of drug-likeness (QED) is 0.684. The maximum absolute atomic E-state index is 13.0. The topological polar surface area (TPSA) is 49.4 Å². The molecule has 0 aromatic heterocycles. The zero-order valence-electron chi connectivity index (χ0n) is 16.1. The number of fused-ring (bicyclic) bond motifs is 1. The third-order valence-electron chi connectivity index (χ3n) is 5.58. The van der Waals surface area contributed by atoms with Crippen LogP contribution in [0.5, 0.6) is 0 Å². The molecule has 1 N–H and O–H groups in total. The lowest BCUT2D eigenvalue weighted by Gasteiger charge is -2.31. The Morgan fingerprint density at radius 1 is 0.931 bits per heavy atom. The van der Waals surface area contributed by atoms with Gasteiger partial charge in [0.1, 0.15) is 0 Å². The van der Waals surface area contributed by atoms with E-state index in [9.17, 15) is 9.59 Å². The number of carbonyl (C=O) groups is 2. The number of nitrogens with one attached hydrogen (secondary N) is 1. The molecule has 0 spiro atoms. The molecule has 3 aromatic rings. The number of hydrogen-bond acceptors (Lipinski definition) is 2. The van der Waals surface area contributed by atoms with Gasteiger partial charge in [-0.05, 0) is 41.3 Å². The van der Waals surface area contributed by atoms with E-state index < -0.39 is 0 Å². The van der Waals surface area contributed by atoms with Crippen LogP contribution in [0, 0.1) is 5.92 Å². The lowest BCUT2D eigenvalue weighted by Crippen LogP contribution is -2.43. The minimum Gasteiger partial charge on any atom is -0.352 e. The molecule has 2 amide bonds. The highest BCUT2D eigenvalue weighted by atomic mass is 35.5. The van der Waals surface area contributed by atoms with E-state index >= 15 is 0 Å². The Bertz CT molecular complexity index is 1040. The van der Waals surface area contributed by atoms with Crippen LogP contribution in [0.25, 0.3) is 10.8 Å². The fourth-order valence-corrected chi connectivity index (χ4v) is 4.10. The average Bonchev–Trinajstić information content (AvgIpc) is 2.77. The van der Waals surface area contributed by atoms with E-state index in [4.69, 9.17) is 11.6 Å². The molecule has 0 aliphatic carbocycles. The van der Waals surface area contributed by atoms with Gasteiger partial charge in [0.05, 0.1) is 0 Å². The van der Waals surface area contributed by atoms with Crippen LogP contribution in [0.4, 0.5) is 0 Å². The van der Waals surface area contributed by atoms with Crippen LogP contribution in [0.1, 0.15) is 28.8 Å². The van der Waals surface area contributed by atoms with E-state index in [2.05, 4.69) is 5.32 Å². The summed E-state index contributed by atoms with van der Waals surface area (Å²) in [5, 5.41) is 5.67. The third kappa shape index (κ3) is 4.28. The third-order valence-corrected chi connectivity index (χ3v) is 5.95. The summed E-state index contributed by atoms with van der Waals surface area (Å²) in [5.41, 5.74) is 1.64. The average molecular weight is 407 g/mol. The summed E-state index contributed by atoms with van der Waals surface area (Å²) in [4.78, 5) is 27.5. The van der Waals surface area contributed by atoms with Crippen molar-refractivity contribution in [3.63, 3.8) is 0 Å². The zero-order chi connectivity index (χ0) is 20.2. The molecular formula is C24H23ClN2O2. The van der Waals surface area contributed by atoms with Crippen LogP contribution in [0.15, 0.2) is 66.7 Å². The zero-order valence-corrected chi connectivity index (χ0v) is 16.9. The number of nitrogens with zero attached hydrogens (tertiary/aromatic N) is 1. The molecule has 1 aliphatic heterocycles. The van der Waals surface area contributed by atoms with E-state index in [1.54, 1.807) is 0 Å². The van der Waals surface area contributed by atoms with Crippen molar-refractivity contribution in [1.29, 1.82) is 0 Å². The number of benzene rings is 3. The predicted octanol–water partition coefficient (Wildman–Crippen LogP) is 4.66. The Hall–Kier alpha value is -2.85. The Kier molecular flexibility index (Phi) is 5.81. The van der Waals surface area contributed by atoms with E-state index in [0.29, 0.717) is 37.5 Å². The molecule has 148 valence electrons. The van der Waals surface area contributed by atoms with E-state index in [0.717, 1.165) is 21.9 Å². The molecule has 0 saturated carbocycles. The number of likely N-dealkylation sites (tertiary alicyclic amines) is 1. The van der Waals surface area contributed by atoms with Crippen molar-refractivity contribution in [3.05, 3.63) is 82.9 Å². The fourth-order valence-electron chi connectivity index (χ4n) is 3.90. The summed E-state index contributed by atoms with van der Waals surface area (Å²) in [6.07, 6.45) is 1.34. The van der Waals surface area contributed by atoms with Gasteiger partial charge in [-0.2, -0.15) is 0 Å². The molecule has 1 fully saturated rings. The number of carbonyl (C=O) groups excluding carboxylic acids is 2. The highest BCUT2D eigenvalue weighted by Gasteiger charge is 2.28. The second-order valence-corrected chi connectivity index (χ2v) is 7.81. The van der Waals surface area contributed by atoms with Crippen molar-refractivity contribution in [2.24, 2.45) is 5.92 Å². The molecule has 1 aliphatic rings. The number of halogens is 1. The van der Waals surface area contributed by atoms with Crippen LogP contribution >= 0.6 is 11.6 Å². The van der Waals surface area contributed by atoms with Gasteiger partial charge in [-0.15, -0.1) is 0 Å². The smallest absolute Gasteiger partial charge is 0.254 e. The van der Waals surface area contributed by atoms with Crippen molar-refractivity contribution in [3.8, 4) is 0 Å². The molecule has 1 heterocycles. The largest absolute Gasteiger partial charge is 0.352 e. The minimum atomic E-state index is -0.0749. The van der Waals surface area contributed by atoms with Crippen molar-refractivity contribution < 1.29 is 9.59 Å². The van der Waals surface area contributed by atoms with Gasteiger partial charge in [-0.25, -0.2) is 0 Å². The molecule has 0 bridgehead atoms. The Morgan fingerprint density at radius 3 is 2.41 bits per heavy atom. The predicted molar refractivity (Wildman–Crippen MR) is 116 cm³/mol. The van der Waals surface area contributed by atoms with Crippen LogP contribution in [-0.2, 0) is 11.3 Å². The standard InChI is InChI=1S/C24H23ClN2O2/c25-22-11-4-2-7-19(22)16-26-23(28)18-12-14-27(15-13-18)24(29)21-10-5-8-17-6-1-3-9-20(17)21/h1-11,18H,12-16H2,(H,26,28). The fraction of sp³-hybridized carbons (Fsp3) is 0.250. The second-order valence-electron chi connectivity index (χ2n) is 7.40. The van der Waals surface area contributed by atoms with Gasteiger partial charge < -0.3 is 10.2 Å². The second kappa shape index (κ2) is 8.66. The molecule has 4 rings (SSSR count). The van der Waals surface area contributed by atoms with E-state index in [1.165, 1.54) is 0 Å². The highest BCUT2D eigenvalue weighted by Crippen LogP contribution is 2.24. The van der Waals surface area contributed by atoms with Crippen LogP contribution in [0.3, 0.4) is 0 Å². The lowest BCUT2D eigenvalue weighted by atomic mass is 9.94. The normalized spacial score (nSPS) is 14.7. The first kappa shape index (κ1) is 19.5. The Labute approximate surface area is 175 Å². The van der Waals surface area contributed by atoms with Gasteiger partial charge in [0.15, 0.2) is 0 Å². The summed E-state index contributed by atoms with van der Waals surface area (Å²) in [6.45, 7) is 1.60. The Balaban J connectivity index is 1.36. The van der Waals surface area contributed by atoms with Gasteiger partial charge in [0.25, 0.3) is 5.91 Å². The first-order valence-electron chi connectivity index (χ1n) is 9.91. The van der Waals surface area contributed by atoms with Gasteiger partial charge >= 0.3 is 0 Å². The summed E-state index contributed by atoms with van der Waals surface area (Å²) in [5.74, 6) is -0.00652. The molecule has 4 nitrogen and oxygen atoms in total. The molecule has 29 heavy (non-hydrogen) atoms. The van der Waals surface area contributed by atoms with Gasteiger partial charge in [-0.3, -0.25) is 9.59 Å². The molecule has 0 radical (unpaired) electrons. The maximum Gasteiger partial charge on any atom is 0.254 e. The Morgan fingerprint density at radius 2 is 1.62 bits per heavy atom. The lowest BCUT2D eigenvalue weighted by molar-refractivity contribution is -0.126. The molecule has 0 unspecified atom stereocenters. The summed E-state index contributed by atoms with van der Waals surface area (Å²) in [7, 11) is 0. The molecule has 1 saturated heterocycles. The number of piperidine rings is 1. The first-order valence-corrected chi connectivity index (χ1v) is 10.3.